The van der Waals surface area contributed by atoms with Gasteiger partial charge in [-0.25, -0.2) is 4.79 Å². The van der Waals surface area contributed by atoms with E-state index < -0.39 is 5.60 Å². The Morgan fingerprint density at radius 2 is 2.03 bits per heavy atom. The fourth-order valence-corrected chi connectivity index (χ4v) is 6.26. The van der Waals surface area contributed by atoms with Crippen molar-refractivity contribution in [2.24, 2.45) is 0 Å². The predicted molar refractivity (Wildman–Crippen MR) is 141 cm³/mol. The van der Waals surface area contributed by atoms with Crippen LogP contribution in [0.25, 0.3) is 0 Å². The molecule has 2 aromatic rings. The second kappa shape index (κ2) is 9.24. The molecule has 5 nitrogen and oxygen atoms in total. The van der Waals surface area contributed by atoms with Crippen LogP contribution in [0.1, 0.15) is 63.1 Å². The van der Waals surface area contributed by atoms with E-state index in [2.05, 4.69) is 42.2 Å². The number of hydrogen-bond acceptors (Lipinski definition) is 4. The molecule has 1 fully saturated rings. The van der Waals surface area contributed by atoms with Crippen molar-refractivity contribution in [1.82, 2.24) is 4.90 Å². The number of nitrogens with zero attached hydrogens (tertiary/aromatic N) is 2. The Bertz CT molecular complexity index is 1110. The molecule has 0 aromatic heterocycles. The molecule has 1 amide bonds. The summed E-state index contributed by atoms with van der Waals surface area (Å²) in [6.45, 7) is 10.9. The van der Waals surface area contributed by atoms with Crippen LogP contribution < -0.4 is 9.64 Å². The molecular formula is C29H37ClN2O3. The van der Waals surface area contributed by atoms with Crippen LogP contribution in [0, 0.1) is 6.92 Å². The Morgan fingerprint density at radius 3 is 2.83 bits per heavy atom. The van der Waals surface area contributed by atoms with Gasteiger partial charge < -0.3 is 19.3 Å². The summed E-state index contributed by atoms with van der Waals surface area (Å²) in [6, 6.07) is 12.9. The van der Waals surface area contributed by atoms with Gasteiger partial charge >= 0.3 is 6.09 Å². The van der Waals surface area contributed by atoms with Gasteiger partial charge in [0.1, 0.15) is 11.4 Å². The standard InChI is InChI=1S/C29H37ClN2O3/c1-20-9-12-26-25(15-20)31(17-23-8-6-14-32(23)27(33)35-28(2,3)4)18-29(19-34-26)13-5-7-21-16-22(30)10-11-24(21)29/h9-12,15-16,23H,5-8,13-14,17-19H2,1-4H3/t23-,29-/m0/s1. The van der Waals surface area contributed by atoms with Gasteiger partial charge in [-0.05, 0) is 101 Å². The van der Waals surface area contributed by atoms with Crippen LogP contribution in [0.4, 0.5) is 10.5 Å². The van der Waals surface area contributed by atoms with Crippen molar-refractivity contribution < 1.29 is 14.3 Å². The second-order valence-electron chi connectivity index (χ2n) is 11.5. The minimum absolute atomic E-state index is 0.111. The normalized spacial score (nSPS) is 24.0. The number of hydrogen-bond donors (Lipinski definition) is 0. The Labute approximate surface area is 214 Å². The minimum atomic E-state index is -0.498. The average Bonchev–Trinajstić information content (AvgIpc) is 3.19. The lowest BCUT2D eigenvalue weighted by molar-refractivity contribution is 0.0230. The summed E-state index contributed by atoms with van der Waals surface area (Å²) in [5.41, 5.74) is 4.42. The number of fused-ring (bicyclic) bond motifs is 3. The van der Waals surface area contributed by atoms with Crippen molar-refractivity contribution in [2.45, 2.75) is 76.9 Å². The number of benzene rings is 2. The monoisotopic (exact) mass is 496 g/mol. The van der Waals surface area contributed by atoms with Crippen molar-refractivity contribution in [3.05, 3.63) is 58.1 Å². The highest BCUT2D eigenvalue weighted by Crippen LogP contribution is 2.45. The molecule has 1 aliphatic carbocycles. The van der Waals surface area contributed by atoms with E-state index in [1.54, 1.807) is 0 Å². The van der Waals surface area contributed by atoms with Crippen LogP contribution >= 0.6 is 11.6 Å². The molecule has 0 N–H and O–H groups in total. The summed E-state index contributed by atoms with van der Waals surface area (Å²) in [7, 11) is 0. The van der Waals surface area contributed by atoms with E-state index in [-0.39, 0.29) is 17.6 Å². The topological polar surface area (TPSA) is 42.0 Å². The van der Waals surface area contributed by atoms with E-state index >= 15 is 0 Å². The van der Waals surface area contributed by atoms with Gasteiger partial charge in [0.15, 0.2) is 0 Å². The van der Waals surface area contributed by atoms with Gasteiger partial charge in [-0.3, -0.25) is 0 Å². The Balaban J connectivity index is 1.49. The van der Waals surface area contributed by atoms with Crippen molar-refractivity contribution in [3.63, 3.8) is 0 Å². The number of amides is 1. The third-order valence-electron chi connectivity index (χ3n) is 7.63. The minimum Gasteiger partial charge on any atom is -0.490 e. The molecule has 6 heteroatoms. The molecular weight excluding hydrogens is 460 g/mol. The number of ether oxygens (including phenoxy) is 2. The van der Waals surface area contributed by atoms with E-state index in [4.69, 9.17) is 21.1 Å². The molecule has 0 radical (unpaired) electrons. The third-order valence-corrected chi connectivity index (χ3v) is 7.86. The first kappa shape index (κ1) is 24.3. The zero-order chi connectivity index (χ0) is 24.8. The summed E-state index contributed by atoms with van der Waals surface area (Å²) in [4.78, 5) is 17.4. The number of carbonyl (C=O) groups excluding carboxylic acids is 1. The maximum Gasteiger partial charge on any atom is 0.410 e. The molecule has 0 unspecified atom stereocenters. The van der Waals surface area contributed by atoms with E-state index in [0.29, 0.717) is 6.61 Å². The maximum atomic E-state index is 13.0. The van der Waals surface area contributed by atoms with Crippen LogP contribution in [-0.4, -0.2) is 48.9 Å². The number of halogens is 1. The van der Waals surface area contributed by atoms with Gasteiger partial charge in [-0.2, -0.15) is 0 Å². The van der Waals surface area contributed by atoms with E-state index in [1.807, 2.05) is 31.7 Å². The Kier molecular flexibility index (Phi) is 6.41. The van der Waals surface area contributed by atoms with Gasteiger partial charge in [-0.1, -0.05) is 23.7 Å². The molecule has 35 heavy (non-hydrogen) atoms. The highest BCUT2D eigenvalue weighted by atomic mass is 35.5. The fourth-order valence-electron chi connectivity index (χ4n) is 6.06. The largest absolute Gasteiger partial charge is 0.490 e. The molecule has 0 bridgehead atoms. The summed E-state index contributed by atoms with van der Waals surface area (Å²) < 4.78 is 12.3. The van der Waals surface area contributed by atoms with E-state index in [0.717, 1.165) is 68.2 Å². The van der Waals surface area contributed by atoms with Crippen LogP contribution in [-0.2, 0) is 16.6 Å². The van der Waals surface area contributed by atoms with Gasteiger partial charge in [0.25, 0.3) is 0 Å². The number of carbonyl (C=O) groups is 1. The summed E-state index contributed by atoms with van der Waals surface area (Å²) >= 11 is 6.37. The second-order valence-corrected chi connectivity index (χ2v) is 12.0. The van der Waals surface area contributed by atoms with Gasteiger partial charge in [0.2, 0.25) is 0 Å². The van der Waals surface area contributed by atoms with Gasteiger partial charge in [-0.15, -0.1) is 0 Å². The first-order chi connectivity index (χ1) is 16.6. The lowest BCUT2D eigenvalue weighted by Crippen LogP contribution is -2.50. The summed E-state index contributed by atoms with van der Waals surface area (Å²) in [5.74, 6) is 0.926. The predicted octanol–water partition coefficient (Wildman–Crippen LogP) is 6.52. The molecule has 188 valence electrons. The zero-order valence-electron chi connectivity index (χ0n) is 21.4. The fraction of sp³-hybridized carbons (Fsp3) is 0.552. The Hall–Kier alpha value is -2.40. The highest BCUT2D eigenvalue weighted by Gasteiger charge is 2.43. The van der Waals surface area contributed by atoms with Crippen LogP contribution in [0.2, 0.25) is 5.02 Å². The van der Waals surface area contributed by atoms with Crippen LogP contribution in [0.15, 0.2) is 36.4 Å². The van der Waals surface area contributed by atoms with Crippen molar-refractivity contribution in [2.75, 3.05) is 31.1 Å². The highest BCUT2D eigenvalue weighted by molar-refractivity contribution is 6.30. The number of rotatable bonds is 2. The Morgan fingerprint density at radius 1 is 1.20 bits per heavy atom. The van der Waals surface area contributed by atoms with Crippen LogP contribution in [0.3, 0.4) is 0 Å². The lowest BCUT2D eigenvalue weighted by Gasteiger charge is -2.42. The molecule has 2 aromatic carbocycles. The third kappa shape index (κ3) is 4.97. The molecule has 3 aliphatic rings. The summed E-state index contributed by atoms with van der Waals surface area (Å²) in [6.07, 6.45) is 5.03. The van der Waals surface area contributed by atoms with Crippen molar-refractivity contribution in [1.29, 1.82) is 0 Å². The first-order valence-electron chi connectivity index (χ1n) is 12.9. The molecule has 2 heterocycles. The molecule has 1 saturated heterocycles. The average molecular weight is 497 g/mol. The van der Waals surface area contributed by atoms with Gasteiger partial charge in [0, 0.05) is 30.1 Å². The molecule has 1 spiro atoms. The van der Waals surface area contributed by atoms with Crippen molar-refractivity contribution >= 4 is 23.4 Å². The number of anilines is 1. The molecule has 2 aliphatic heterocycles. The quantitative estimate of drug-likeness (QED) is 0.474. The molecule has 0 saturated carbocycles. The first-order valence-corrected chi connectivity index (χ1v) is 13.3. The number of aryl methyl sites for hydroxylation is 2. The van der Waals surface area contributed by atoms with Crippen LogP contribution in [0.5, 0.6) is 5.75 Å². The molecule has 2 atom stereocenters. The molecule has 5 rings (SSSR count). The lowest BCUT2D eigenvalue weighted by atomic mass is 9.70. The number of likely N-dealkylation sites (tertiary alicyclic amines) is 1. The van der Waals surface area contributed by atoms with Crippen molar-refractivity contribution in [3.8, 4) is 5.75 Å². The summed E-state index contributed by atoms with van der Waals surface area (Å²) in [5, 5.41) is 0.796. The van der Waals surface area contributed by atoms with Gasteiger partial charge in [0.05, 0.1) is 18.3 Å². The smallest absolute Gasteiger partial charge is 0.410 e. The zero-order valence-corrected chi connectivity index (χ0v) is 22.2. The van der Waals surface area contributed by atoms with E-state index in [9.17, 15) is 4.79 Å². The SMILES string of the molecule is Cc1ccc2c(c1)N(C[C@@H]1CCCN1C(=O)OC(C)(C)C)C[C@@]1(CCCc3cc(Cl)ccc31)CO2. The maximum absolute atomic E-state index is 13.0. The van der Waals surface area contributed by atoms with E-state index in [1.165, 1.54) is 16.7 Å².